The zero-order chi connectivity index (χ0) is 12.6. The molecule has 18 heavy (non-hydrogen) atoms. The molecular weight excluding hydrogens is 236 g/mol. The Hall–Kier alpha value is -1.40. The Morgan fingerprint density at radius 3 is 2.89 bits per heavy atom. The molecule has 6 nitrogen and oxygen atoms in total. The summed E-state index contributed by atoms with van der Waals surface area (Å²) in [5.41, 5.74) is 0.707. The second-order valence-corrected chi connectivity index (χ2v) is 4.77. The Balaban J connectivity index is 1.74. The first-order chi connectivity index (χ1) is 8.69. The number of amides is 1. The van der Waals surface area contributed by atoms with Crippen LogP contribution < -0.4 is 0 Å². The Labute approximate surface area is 105 Å². The fourth-order valence-electron chi connectivity index (χ4n) is 2.51. The van der Waals surface area contributed by atoms with Crippen LogP contribution in [0.3, 0.4) is 0 Å². The lowest BCUT2D eigenvalue weighted by atomic mass is 10.0. The van der Waals surface area contributed by atoms with Crippen molar-refractivity contribution in [2.24, 2.45) is 0 Å². The van der Waals surface area contributed by atoms with Crippen LogP contribution in [0.1, 0.15) is 29.1 Å². The zero-order valence-electron chi connectivity index (χ0n) is 10.3. The van der Waals surface area contributed by atoms with Crippen LogP contribution in [0.25, 0.3) is 0 Å². The van der Waals surface area contributed by atoms with Crippen LogP contribution in [0.15, 0.2) is 10.6 Å². The van der Waals surface area contributed by atoms with E-state index in [0.717, 1.165) is 12.8 Å². The number of carbonyl (C=O) groups is 1. The zero-order valence-corrected chi connectivity index (χ0v) is 10.3. The normalized spacial score (nSPS) is 22.6. The summed E-state index contributed by atoms with van der Waals surface area (Å²) in [6, 6.07) is 1.65. The lowest BCUT2D eigenvalue weighted by Crippen LogP contribution is -2.50. The average molecular weight is 252 g/mol. The van der Waals surface area contributed by atoms with E-state index in [0.29, 0.717) is 32.0 Å². The number of piperidine rings is 1. The summed E-state index contributed by atoms with van der Waals surface area (Å²) in [7, 11) is 0. The molecule has 3 heterocycles. The van der Waals surface area contributed by atoms with Gasteiger partial charge in [0.1, 0.15) is 0 Å². The molecule has 98 valence electrons. The van der Waals surface area contributed by atoms with Gasteiger partial charge in [-0.25, -0.2) is 0 Å². The maximum absolute atomic E-state index is 12.2. The molecule has 0 bridgehead atoms. The molecule has 1 spiro atoms. The van der Waals surface area contributed by atoms with Gasteiger partial charge in [0.2, 0.25) is 5.76 Å². The molecule has 0 unspecified atom stereocenters. The minimum Gasteiger partial charge on any atom is -0.351 e. The molecule has 0 radical (unpaired) electrons. The minimum absolute atomic E-state index is 0.145. The fourth-order valence-corrected chi connectivity index (χ4v) is 2.51. The van der Waals surface area contributed by atoms with Crippen LogP contribution in [0, 0.1) is 6.92 Å². The summed E-state index contributed by atoms with van der Waals surface area (Å²) in [4.78, 5) is 14.0. The largest absolute Gasteiger partial charge is 0.351 e. The predicted octanol–water partition coefficient (Wildman–Crippen LogP) is 0.962. The van der Waals surface area contributed by atoms with Crippen molar-refractivity contribution < 1.29 is 18.8 Å². The highest BCUT2D eigenvalue weighted by atomic mass is 16.7. The van der Waals surface area contributed by atoms with Gasteiger partial charge in [-0.2, -0.15) is 0 Å². The number of hydrogen-bond acceptors (Lipinski definition) is 5. The van der Waals surface area contributed by atoms with Crippen LogP contribution >= 0.6 is 0 Å². The summed E-state index contributed by atoms with van der Waals surface area (Å²) in [6.45, 7) is 4.16. The number of aryl methyl sites for hydroxylation is 1. The Morgan fingerprint density at radius 2 is 2.22 bits per heavy atom. The molecule has 2 aliphatic heterocycles. The van der Waals surface area contributed by atoms with Gasteiger partial charge in [0.05, 0.1) is 25.5 Å². The highest BCUT2D eigenvalue weighted by molar-refractivity contribution is 5.91. The molecule has 2 aliphatic rings. The molecular formula is C12H16N2O4. The molecule has 0 N–H and O–H groups in total. The van der Waals surface area contributed by atoms with Crippen molar-refractivity contribution in [3.63, 3.8) is 0 Å². The lowest BCUT2D eigenvalue weighted by molar-refractivity contribution is -0.183. The molecule has 3 rings (SSSR count). The van der Waals surface area contributed by atoms with Crippen LogP contribution in [0.4, 0.5) is 0 Å². The summed E-state index contributed by atoms with van der Waals surface area (Å²) >= 11 is 0. The molecule has 2 fully saturated rings. The van der Waals surface area contributed by atoms with Gasteiger partial charge in [-0.3, -0.25) is 4.79 Å². The third-order valence-electron chi connectivity index (χ3n) is 3.36. The van der Waals surface area contributed by atoms with Crippen molar-refractivity contribution in [2.45, 2.75) is 25.6 Å². The topological polar surface area (TPSA) is 64.8 Å². The fraction of sp³-hybridized carbons (Fsp3) is 0.667. The molecule has 0 saturated carbocycles. The Morgan fingerprint density at radius 1 is 1.44 bits per heavy atom. The second kappa shape index (κ2) is 4.37. The molecule has 1 amide bonds. The van der Waals surface area contributed by atoms with Gasteiger partial charge in [-0.1, -0.05) is 5.16 Å². The summed E-state index contributed by atoms with van der Waals surface area (Å²) in [6.07, 6.45) is 1.71. The third kappa shape index (κ3) is 2.02. The van der Waals surface area contributed by atoms with Crippen molar-refractivity contribution in [1.29, 1.82) is 0 Å². The molecule has 0 aromatic carbocycles. The van der Waals surface area contributed by atoms with Gasteiger partial charge in [0.25, 0.3) is 5.91 Å². The van der Waals surface area contributed by atoms with E-state index in [-0.39, 0.29) is 11.7 Å². The summed E-state index contributed by atoms with van der Waals surface area (Å²) in [5.74, 6) is -0.459. The maximum Gasteiger partial charge on any atom is 0.292 e. The molecule has 0 atom stereocenters. The first-order valence-corrected chi connectivity index (χ1v) is 6.19. The molecule has 1 aromatic rings. The SMILES string of the molecule is Cc1cc(C(=O)N2CCCC3(C2)OCCO3)on1. The minimum atomic E-state index is -0.594. The smallest absolute Gasteiger partial charge is 0.292 e. The Kier molecular flexibility index (Phi) is 2.83. The summed E-state index contributed by atoms with van der Waals surface area (Å²) in [5, 5.41) is 3.74. The van der Waals surface area contributed by atoms with Crippen LogP contribution in [0.5, 0.6) is 0 Å². The monoisotopic (exact) mass is 252 g/mol. The second-order valence-electron chi connectivity index (χ2n) is 4.77. The first kappa shape index (κ1) is 11.7. The highest BCUT2D eigenvalue weighted by Crippen LogP contribution is 2.30. The van der Waals surface area contributed by atoms with E-state index >= 15 is 0 Å². The molecule has 2 saturated heterocycles. The van der Waals surface area contributed by atoms with Crippen molar-refractivity contribution in [1.82, 2.24) is 10.1 Å². The van der Waals surface area contributed by atoms with Crippen molar-refractivity contribution >= 4 is 5.91 Å². The van der Waals surface area contributed by atoms with Gasteiger partial charge >= 0.3 is 0 Å². The van der Waals surface area contributed by atoms with Crippen molar-refractivity contribution in [3.05, 3.63) is 17.5 Å². The first-order valence-electron chi connectivity index (χ1n) is 6.19. The number of aromatic nitrogens is 1. The number of likely N-dealkylation sites (tertiary alicyclic amines) is 1. The van der Waals surface area contributed by atoms with E-state index in [1.54, 1.807) is 17.9 Å². The molecule has 6 heteroatoms. The van der Waals surface area contributed by atoms with Gasteiger partial charge in [0.15, 0.2) is 5.79 Å². The van der Waals surface area contributed by atoms with Gasteiger partial charge < -0.3 is 18.9 Å². The number of nitrogens with zero attached hydrogens (tertiary/aromatic N) is 2. The van der Waals surface area contributed by atoms with Crippen LogP contribution in [-0.4, -0.2) is 48.1 Å². The standard InChI is InChI=1S/C12H16N2O4/c1-9-7-10(18-13-9)11(15)14-4-2-3-12(8-14)16-5-6-17-12/h7H,2-6,8H2,1H3. The number of hydrogen-bond donors (Lipinski definition) is 0. The highest BCUT2D eigenvalue weighted by Gasteiger charge is 2.42. The molecule has 0 aliphatic carbocycles. The van der Waals surface area contributed by atoms with E-state index in [4.69, 9.17) is 14.0 Å². The third-order valence-corrected chi connectivity index (χ3v) is 3.36. The predicted molar refractivity (Wildman–Crippen MR) is 61.0 cm³/mol. The molecule has 1 aromatic heterocycles. The van der Waals surface area contributed by atoms with E-state index < -0.39 is 5.79 Å². The maximum atomic E-state index is 12.2. The quantitative estimate of drug-likeness (QED) is 0.745. The van der Waals surface area contributed by atoms with Gasteiger partial charge in [-0.15, -0.1) is 0 Å². The van der Waals surface area contributed by atoms with E-state index in [1.165, 1.54) is 0 Å². The summed E-state index contributed by atoms with van der Waals surface area (Å²) < 4.78 is 16.3. The van der Waals surface area contributed by atoms with Crippen LogP contribution in [-0.2, 0) is 9.47 Å². The average Bonchev–Trinajstić information content (AvgIpc) is 2.98. The van der Waals surface area contributed by atoms with Gasteiger partial charge in [-0.05, 0) is 13.3 Å². The lowest BCUT2D eigenvalue weighted by Gasteiger charge is -2.38. The van der Waals surface area contributed by atoms with Crippen molar-refractivity contribution in [2.75, 3.05) is 26.3 Å². The van der Waals surface area contributed by atoms with Gasteiger partial charge in [0, 0.05) is 19.0 Å². The number of rotatable bonds is 1. The number of carbonyl (C=O) groups excluding carboxylic acids is 1. The van der Waals surface area contributed by atoms with E-state index in [1.807, 2.05) is 0 Å². The Bertz CT molecular complexity index is 451. The van der Waals surface area contributed by atoms with Crippen molar-refractivity contribution in [3.8, 4) is 0 Å². The van der Waals surface area contributed by atoms with E-state index in [9.17, 15) is 4.79 Å². The number of ether oxygens (including phenoxy) is 2. The van der Waals surface area contributed by atoms with Crippen LogP contribution in [0.2, 0.25) is 0 Å². The van der Waals surface area contributed by atoms with E-state index in [2.05, 4.69) is 5.16 Å².